The first kappa shape index (κ1) is 9.49. The van der Waals surface area contributed by atoms with Crippen molar-refractivity contribution in [2.75, 3.05) is 25.6 Å². The molecule has 0 spiro atoms. The summed E-state index contributed by atoms with van der Waals surface area (Å²) in [6, 6.07) is -0.377. The van der Waals surface area contributed by atoms with E-state index in [0.717, 1.165) is 0 Å². The summed E-state index contributed by atoms with van der Waals surface area (Å²) in [5.74, 6) is 0.364. The minimum Gasteiger partial charge on any atom is -0.337 e. The van der Waals surface area contributed by atoms with Crippen LogP contribution in [0.2, 0.25) is 0 Å². The van der Waals surface area contributed by atoms with Gasteiger partial charge in [0.15, 0.2) is 0 Å². The van der Waals surface area contributed by atoms with Crippen molar-refractivity contribution in [1.82, 2.24) is 10.6 Å². The van der Waals surface area contributed by atoms with E-state index in [2.05, 4.69) is 10.6 Å². The fourth-order valence-corrected chi connectivity index (χ4v) is 0.479. The molecule has 0 aliphatic heterocycles. The molecule has 0 bridgehead atoms. The largest absolute Gasteiger partial charge is 0.337 e. The zero-order valence-electron chi connectivity index (χ0n) is 5.49. The average Bonchev–Trinajstić information content (AvgIpc) is 1.97. The van der Waals surface area contributed by atoms with Crippen LogP contribution in [0, 0.1) is 0 Å². The summed E-state index contributed by atoms with van der Waals surface area (Å²) < 4.78 is 11.4. The van der Waals surface area contributed by atoms with E-state index < -0.39 is 6.67 Å². The lowest BCUT2D eigenvalue weighted by molar-refractivity contribution is 0.240. The molecule has 60 valence electrons. The van der Waals surface area contributed by atoms with Crippen LogP contribution in [0.15, 0.2) is 0 Å². The zero-order valence-corrected chi connectivity index (χ0v) is 6.25. The van der Waals surface area contributed by atoms with Crippen LogP contribution in [0.4, 0.5) is 9.18 Å². The van der Waals surface area contributed by atoms with Gasteiger partial charge >= 0.3 is 6.03 Å². The molecule has 2 N–H and O–H groups in total. The molecule has 0 fully saturated rings. The molecule has 0 radical (unpaired) electrons. The van der Waals surface area contributed by atoms with Crippen molar-refractivity contribution in [3.05, 3.63) is 0 Å². The third-order valence-corrected chi connectivity index (χ3v) is 0.949. The molecular formula is C5H10ClFN2O. The highest BCUT2D eigenvalue weighted by atomic mass is 35.5. The molecule has 0 aliphatic rings. The van der Waals surface area contributed by atoms with Crippen LogP contribution in [-0.2, 0) is 0 Å². The van der Waals surface area contributed by atoms with E-state index in [0.29, 0.717) is 12.4 Å². The van der Waals surface area contributed by atoms with Crippen LogP contribution >= 0.6 is 11.6 Å². The molecule has 0 atom stereocenters. The maximum absolute atomic E-state index is 11.4. The van der Waals surface area contributed by atoms with Crippen molar-refractivity contribution >= 4 is 17.6 Å². The summed E-state index contributed by atoms with van der Waals surface area (Å²) in [6.07, 6.45) is 0. The van der Waals surface area contributed by atoms with Crippen molar-refractivity contribution in [2.24, 2.45) is 0 Å². The quantitative estimate of drug-likeness (QED) is 0.590. The Morgan fingerprint density at radius 2 is 2.00 bits per heavy atom. The van der Waals surface area contributed by atoms with Gasteiger partial charge in [0.05, 0.1) is 0 Å². The highest BCUT2D eigenvalue weighted by Gasteiger charge is 1.95. The topological polar surface area (TPSA) is 41.1 Å². The third-order valence-electron chi connectivity index (χ3n) is 0.760. The van der Waals surface area contributed by atoms with Gasteiger partial charge in [0.2, 0.25) is 0 Å². The van der Waals surface area contributed by atoms with E-state index >= 15 is 0 Å². The SMILES string of the molecule is O=C(NCCF)NCCCl. The predicted octanol–water partition coefficient (Wildman–Crippen LogP) is 0.494. The van der Waals surface area contributed by atoms with E-state index in [1.54, 1.807) is 0 Å². The number of urea groups is 1. The number of amides is 2. The lowest BCUT2D eigenvalue weighted by Crippen LogP contribution is -2.37. The highest BCUT2D eigenvalue weighted by Crippen LogP contribution is 1.70. The van der Waals surface area contributed by atoms with Crippen LogP contribution in [0.5, 0.6) is 0 Å². The van der Waals surface area contributed by atoms with Crippen molar-refractivity contribution in [3.8, 4) is 0 Å². The Bertz CT molecular complexity index is 91.6. The van der Waals surface area contributed by atoms with E-state index in [1.165, 1.54) is 0 Å². The molecule has 0 rings (SSSR count). The molecule has 2 amide bonds. The molecule has 5 heteroatoms. The van der Waals surface area contributed by atoms with Crippen LogP contribution < -0.4 is 10.6 Å². The normalized spacial score (nSPS) is 9.00. The van der Waals surface area contributed by atoms with Gasteiger partial charge in [0, 0.05) is 19.0 Å². The van der Waals surface area contributed by atoms with Gasteiger partial charge in [-0.15, -0.1) is 11.6 Å². The summed E-state index contributed by atoms with van der Waals surface area (Å²) in [4.78, 5) is 10.5. The van der Waals surface area contributed by atoms with Gasteiger partial charge in [-0.3, -0.25) is 0 Å². The molecule has 0 saturated carbocycles. The maximum Gasteiger partial charge on any atom is 0.314 e. The van der Waals surface area contributed by atoms with E-state index in [4.69, 9.17) is 11.6 Å². The van der Waals surface area contributed by atoms with E-state index in [1.807, 2.05) is 0 Å². The van der Waals surface area contributed by atoms with E-state index in [-0.39, 0.29) is 12.6 Å². The number of carbonyl (C=O) groups is 1. The molecule has 3 nitrogen and oxygen atoms in total. The minimum absolute atomic E-state index is 0.0497. The average molecular weight is 169 g/mol. The minimum atomic E-state index is -0.547. The summed E-state index contributed by atoms with van der Waals surface area (Å²) in [7, 11) is 0. The van der Waals surface area contributed by atoms with Gasteiger partial charge < -0.3 is 10.6 Å². The standard InChI is InChI=1S/C5H10ClFN2O/c6-1-3-8-5(10)9-4-2-7/h1-4H2,(H2,8,9,10). The molecule has 0 unspecified atom stereocenters. The van der Waals surface area contributed by atoms with Crippen LogP contribution in [0.3, 0.4) is 0 Å². The van der Waals surface area contributed by atoms with Crippen molar-refractivity contribution in [2.45, 2.75) is 0 Å². The first-order chi connectivity index (χ1) is 4.81. The molecule has 0 aliphatic carbocycles. The van der Waals surface area contributed by atoms with Gasteiger partial charge in [-0.05, 0) is 0 Å². The first-order valence-electron chi connectivity index (χ1n) is 2.95. The zero-order chi connectivity index (χ0) is 7.82. The molecule has 0 heterocycles. The highest BCUT2D eigenvalue weighted by molar-refractivity contribution is 6.18. The summed E-state index contributed by atoms with van der Waals surface area (Å²) in [5.41, 5.74) is 0. The Balaban J connectivity index is 3.09. The second kappa shape index (κ2) is 6.61. The summed E-state index contributed by atoms with van der Waals surface area (Å²) >= 11 is 5.26. The van der Waals surface area contributed by atoms with Crippen molar-refractivity contribution in [3.63, 3.8) is 0 Å². The number of hydrogen-bond acceptors (Lipinski definition) is 1. The smallest absolute Gasteiger partial charge is 0.314 e. The Kier molecular flexibility index (Phi) is 6.27. The number of nitrogens with one attached hydrogen (secondary N) is 2. The van der Waals surface area contributed by atoms with Gasteiger partial charge in [0.1, 0.15) is 6.67 Å². The molecule has 10 heavy (non-hydrogen) atoms. The van der Waals surface area contributed by atoms with Crippen LogP contribution in [-0.4, -0.2) is 31.7 Å². The monoisotopic (exact) mass is 168 g/mol. The van der Waals surface area contributed by atoms with E-state index in [9.17, 15) is 9.18 Å². The van der Waals surface area contributed by atoms with Crippen molar-refractivity contribution in [1.29, 1.82) is 0 Å². The fraction of sp³-hybridized carbons (Fsp3) is 0.800. The molecule has 0 aromatic heterocycles. The summed E-state index contributed by atoms with van der Waals surface area (Å²) in [5, 5.41) is 4.70. The van der Waals surface area contributed by atoms with Gasteiger partial charge in [-0.25, -0.2) is 9.18 Å². The van der Waals surface area contributed by atoms with Gasteiger partial charge in [-0.1, -0.05) is 0 Å². The number of rotatable bonds is 4. The lowest BCUT2D eigenvalue weighted by atomic mass is 10.7. The molecular weight excluding hydrogens is 159 g/mol. The third kappa shape index (κ3) is 5.62. The Morgan fingerprint density at radius 3 is 2.50 bits per heavy atom. The molecule has 0 aromatic rings. The first-order valence-corrected chi connectivity index (χ1v) is 3.48. The van der Waals surface area contributed by atoms with Gasteiger partial charge in [0.25, 0.3) is 0 Å². The number of hydrogen-bond donors (Lipinski definition) is 2. The second-order valence-corrected chi connectivity index (χ2v) is 1.94. The predicted molar refractivity (Wildman–Crippen MR) is 38.1 cm³/mol. The fourth-order valence-electron chi connectivity index (χ4n) is 0.384. The summed E-state index contributed by atoms with van der Waals surface area (Å²) in [6.45, 7) is -0.0952. The lowest BCUT2D eigenvalue weighted by Gasteiger charge is -2.02. The number of halogens is 2. The van der Waals surface area contributed by atoms with Gasteiger partial charge in [-0.2, -0.15) is 0 Å². The Labute approximate surface area is 63.9 Å². The Hall–Kier alpha value is -0.510. The van der Waals surface area contributed by atoms with Crippen molar-refractivity contribution < 1.29 is 9.18 Å². The number of carbonyl (C=O) groups excluding carboxylic acids is 1. The van der Waals surface area contributed by atoms with Crippen LogP contribution in [0.1, 0.15) is 0 Å². The molecule has 0 saturated heterocycles. The Morgan fingerprint density at radius 1 is 1.40 bits per heavy atom. The maximum atomic E-state index is 11.4. The molecule has 0 aromatic carbocycles. The number of alkyl halides is 2. The van der Waals surface area contributed by atoms with Crippen LogP contribution in [0.25, 0.3) is 0 Å². The second-order valence-electron chi connectivity index (χ2n) is 1.56.